The van der Waals surface area contributed by atoms with Gasteiger partial charge in [0.15, 0.2) is 6.54 Å². The molecule has 1 fully saturated rings. The summed E-state index contributed by atoms with van der Waals surface area (Å²) in [6, 6.07) is 17.8. The molecule has 1 heterocycles. The summed E-state index contributed by atoms with van der Waals surface area (Å²) in [5.41, 5.74) is 3.42. The van der Waals surface area contributed by atoms with Gasteiger partial charge in [0.2, 0.25) is 10.0 Å². The standard InChI is InChI=1S/C24H29N3O3S/c28-24(25-23-12-6-10-21-9-4-5-11-22(21)23)19-26-14-16-27(17-15-26)31(29,30)18-13-20-7-2-1-3-8-20/h1-5,7-9,11,13,18,23H,6,10,12,14-17,19H2,(H,25,28)/p+1/b18-13+/t23-/m0/s1. The predicted octanol–water partition coefficient (Wildman–Crippen LogP) is 1.38. The average Bonchev–Trinajstić information content (AvgIpc) is 2.79. The average molecular weight is 441 g/mol. The minimum Gasteiger partial charge on any atom is -0.344 e. The molecule has 2 aromatic carbocycles. The van der Waals surface area contributed by atoms with Crippen molar-refractivity contribution in [1.82, 2.24) is 9.62 Å². The van der Waals surface area contributed by atoms with Gasteiger partial charge in [-0.15, -0.1) is 0 Å². The molecule has 2 aliphatic rings. The maximum atomic E-state index is 12.7. The van der Waals surface area contributed by atoms with Gasteiger partial charge in [-0.3, -0.25) is 4.79 Å². The molecule has 0 radical (unpaired) electrons. The van der Waals surface area contributed by atoms with E-state index < -0.39 is 10.0 Å². The van der Waals surface area contributed by atoms with Crippen molar-refractivity contribution in [3.05, 3.63) is 76.7 Å². The number of hydrogen-bond acceptors (Lipinski definition) is 3. The minimum absolute atomic E-state index is 0.0389. The molecule has 0 saturated carbocycles. The third-order valence-corrected chi connectivity index (χ3v) is 7.70. The van der Waals surface area contributed by atoms with E-state index in [0.29, 0.717) is 32.7 Å². The number of quaternary nitrogens is 1. The topological polar surface area (TPSA) is 70.9 Å². The Kier molecular flexibility index (Phi) is 6.85. The molecule has 1 aliphatic carbocycles. The molecule has 4 rings (SSSR count). The molecular weight excluding hydrogens is 410 g/mol. The molecule has 31 heavy (non-hydrogen) atoms. The van der Waals surface area contributed by atoms with Gasteiger partial charge in [0.1, 0.15) is 0 Å². The first-order valence-corrected chi connectivity index (χ1v) is 12.5. The molecule has 6 nitrogen and oxygen atoms in total. The molecule has 0 aromatic heterocycles. The number of rotatable bonds is 6. The number of nitrogens with one attached hydrogen (secondary N) is 2. The largest absolute Gasteiger partial charge is 0.344 e. The van der Waals surface area contributed by atoms with Gasteiger partial charge in [-0.25, -0.2) is 8.42 Å². The lowest BCUT2D eigenvalue weighted by molar-refractivity contribution is -0.895. The molecule has 0 unspecified atom stereocenters. The van der Waals surface area contributed by atoms with Crippen LogP contribution >= 0.6 is 0 Å². The molecule has 1 atom stereocenters. The van der Waals surface area contributed by atoms with Crippen molar-refractivity contribution in [1.29, 1.82) is 0 Å². The minimum atomic E-state index is -3.45. The number of aryl methyl sites for hydroxylation is 1. The van der Waals surface area contributed by atoms with E-state index in [1.54, 1.807) is 6.08 Å². The van der Waals surface area contributed by atoms with Crippen molar-refractivity contribution >= 4 is 22.0 Å². The Labute approximate surface area is 184 Å². The summed E-state index contributed by atoms with van der Waals surface area (Å²) in [7, 11) is -3.45. The summed E-state index contributed by atoms with van der Waals surface area (Å²) in [5, 5.41) is 4.48. The van der Waals surface area contributed by atoms with E-state index in [-0.39, 0.29) is 11.9 Å². The lowest BCUT2D eigenvalue weighted by atomic mass is 9.88. The Hall–Kier alpha value is -2.48. The van der Waals surface area contributed by atoms with E-state index >= 15 is 0 Å². The van der Waals surface area contributed by atoms with Crippen molar-refractivity contribution < 1.29 is 18.1 Å². The number of sulfonamides is 1. The van der Waals surface area contributed by atoms with E-state index in [9.17, 15) is 13.2 Å². The van der Waals surface area contributed by atoms with Crippen LogP contribution in [0.5, 0.6) is 0 Å². The van der Waals surface area contributed by atoms with Gasteiger partial charge in [-0.1, -0.05) is 54.6 Å². The number of nitrogens with zero attached hydrogens (tertiary/aromatic N) is 1. The molecule has 1 amide bonds. The second-order valence-electron chi connectivity index (χ2n) is 8.30. The number of fused-ring (bicyclic) bond motifs is 1. The van der Waals surface area contributed by atoms with Gasteiger partial charge in [0.25, 0.3) is 5.91 Å². The van der Waals surface area contributed by atoms with Crippen LogP contribution in [0.4, 0.5) is 0 Å². The molecule has 0 bridgehead atoms. The van der Waals surface area contributed by atoms with Crippen LogP contribution in [0.3, 0.4) is 0 Å². The second kappa shape index (κ2) is 9.77. The normalized spacial score (nSPS) is 20.5. The maximum Gasteiger partial charge on any atom is 0.275 e. The maximum absolute atomic E-state index is 12.7. The van der Waals surface area contributed by atoms with Crippen LogP contribution in [0.2, 0.25) is 0 Å². The molecular formula is C24H30N3O3S+. The fourth-order valence-corrected chi connectivity index (χ4v) is 5.62. The number of benzene rings is 2. The van der Waals surface area contributed by atoms with Crippen LogP contribution in [-0.4, -0.2) is 51.4 Å². The lowest BCUT2D eigenvalue weighted by Gasteiger charge is -2.31. The van der Waals surface area contributed by atoms with Crippen LogP contribution in [0.15, 0.2) is 60.0 Å². The second-order valence-corrected chi connectivity index (χ2v) is 10.1. The smallest absolute Gasteiger partial charge is 0.275 e. The zero-order valence-electron chi connectivity index (χ0n) is 17.7. The first kappa shape index (κ1) is 21.7. The molecule has 7 heteroatoms. The molecule has 2 N–H and O–H groups in total. The monoisotopic (exact) mass is 440 g/mol. The summed E-state index contributed by atoms with van der Waals surface area (Å²) in [6.07, 6.45) is 4.76. The molecule has 2 aromatic rings. The summed E-state index contributed by atoms with van der Waals surface area (Å²) in [5.74, 6) is 0.0389. The third kappa shape index (κ3) is 5.61. The first-order chi connectivity index (χ1) is 15.0. The fraction of sp³-hybridized carbons (Fsp3) is 0.375. The number of carbonyl (C=O) groups is 1. The highest BCUT2D eigenvalue weighted by atomic mass is 32.2. The molecule has 0 spiro atoms. The predicted molar refractivity (Wildman–Crippen MR) is 122 cm³/mol. The Balaban J connectivity index is 1.27. The Bertz CT molecular complexity index is 1030. The molecule has 1 aliphatic heterocycles. The van der Waals surface area contributed by atoms with Crippen molar-refractivity contribution in [3.63, 3.8) is 0 Å². The SMILES string of the molecule is O=C(C[NH+]1CCN(S(=O)(=O)/C=C/c2ccccc2)CC1)N[C@H]1CCCc2ccccc21. The van der Waals surface area contributed by atoms with Crippen LogP contribution in [0, 0.1) is 0 Å². The fourth-order valence-electron chi connectivity index (χ4n) is 4.42. The van der Waals surface area contributed by atoms with E-state index in [1.807, 2.05) is 36.4 Å². The highest BCUT2D eigenvalue weighted by Crippen LogP contribution is 2.29. The number of piperazine rings is 1. The van der Waals surface area contributed by atoms with Gasteiger partial charge in [0, 0.05) is 5.41 Å². The van der Waals surface area contributed by atoms with E-state index in [2.05, 4.69) is 23.5 Å². The van der Waals surface area contributed by atoms with Crippen molar-refractivity contribution in [2.24, 2.45) is 0 Å². The van der Waals surface area contributed by atoms with Gasteiger partial charge >= 0.3 is 0 Å². The van der Waals surface area contributed by atoms with Crippen molar-refractivity contribution in [2.75, 3.05) is 32.7 Å². The van der Waals surface area contributed by atoms with E-state index in [0.717, 1.165) is 29.7 Å². The van der Waals surface area contributed by atoms with Gasteiger partial charge in [0.05, 0.1) is 32.2 Å². The summed E-state index contributed by atoms with van der Waals surface area (Å²) in [4.78, 5) is 13.8. The lowest BCUT2D eigenvalue weighted by Crippen LogP contribution is -3.15. The quantitative estimate of drug-likeness (QED) is 0.713. The van der Waals surface area contributed by atoms with Crippen molar-refractivity contribution in [2.45, 2.75) is 25.3 Å². The zero-order valence-corrected chi connectivity index (χ0v) is 18.5. The Morgan fingerprint density at radius 2 is 1.77 bits per heavy atom. The number of amides is 1. The summed E-state index contributed by atoms with van der Waals surface area (Å²) >= 11 is 0. The summed E-state index contributed by atoms with van der Waals surface area (Å²) < 4.78 is 26.7. The summed E-state index contributed by atoms with van der Waals surface area (Å²) in [6.45, 7) is 2.50. The van der Waals surface area contributed by atoms with E-state index in [1.165, 1.54) is 20.8 Å². The van der Waals surface area contributed by atoms with Crippen LogP contribution in [0.1, 0.15) is 35.6 Å². The highest BCUT2D eigenvalue weighted by molar-refractivity contribution is 7.92. The highest BCUT2D eigenvalue weighted by Gasteiger charge is 2.29. The van der Waals surface area contributed by atoms with Gasteiger partial charge in [-0.05, 0) is 42.0 Å². The number of hydrogen-bond donors (Lipinski definition) is 2. The van der Waals surface area contributed by atoms with Crippen LogP contribution < -0.4 is 10.2 Å². The Morgan fingerprint density at radius 3 is 2.55 bits per heavy atom. The zero-order chi connectivity index (χ0) is 21.7. The van der Waals surface area contributed by atoms with Crippen molar-refractivity contribution in [3.8, 4) is 0 Å². The van der Waals surface area contributed by atoms with Gasteiger partial charge in [-0.2, -0.15) is 4.31 Å². The number of carbonyl (C=O) groups excluding carboxylic acids is 1. The van der Waals surface area contributed by atoms with Crippen LogP contribution in [0.25, 0.3) is 6.08 Å². The Morgan fingerprint density at radius 1 is 1.06 bits per heavy atom. The third-order valence-electron chi connectivity index (χ3n) is 6.14. The molecule has 164 valence electrons. The van der Waals surface area contributed by atoms with Crippen LogP contribution in [-0.2, 0) is 21.2 Å². The van der Waals surface area contributed by atoms with E-state index in [4.69, 9.17) is 0 Å². The molecule has 1 saturated heterocycles. The van der Waals surface area contributed by atoms with Gasteiger partial charge < -0.3 is 10.2 Å². The first-order valence-electron chi connectivity index (χ1n) is 11.0.